The summed E-state index contributed by atoms with van der Waals surface area (Å²) in [5.41, 5.74) is 2.00. The lowest BCUT2D eigenvalue weighted by Crippen LogP contribution is -2.29. The number of guanidine groups is 1. The maximum absolute atomic E-state index is 12.4. The van der Waals surface area contributed by atoms with E-state index in [2.05, 4.69) is 32.0 Å². The van der Waals surface area contributed by atoms with E-state index in [1.807, 2.05) is 24.4 Å². The number of rotatable bonds is 3. The zero-order valence-electron chi connectivity index (χ0n) is 14.9. The molecule has 0 aliphatic carbocycles. The number of para-hydroxylation sites is 1. The molecule has 1 aromatic carbocycles. The first kappa shape index (κ1) is 18.0. The van der Waals surface area contributed by atoms with Crippen LogP contribution in [0, 0.1) is 0 Å². The molecule has 2 N–H and O–H groups in total. The van der Waals surface area contributed by atoms with Gasteiger partial charge in [0, 0.05) is 31.9 Å². The number of benzene rings is 1. The predicted octanol–water partition coefficient (Wildman–Crippen LogP) is 2.38. The monoisotopic (exact) mass is 362 g/mol. The quantitative estimate of drug-likeness (QED) is 0.552. The lowest BCUT2D eigenvalue weighted by atomic mass is 10.2. The summed E-state index contributed by atoms with van der Waals surface area (Å²) in [6.07, 6.45) is 3.14. The van der Waals surface area contributed by atoms with E-state index in [1.54, 1.807) is 20.2 Å². The third-order valence-corrected chi connectivity index (χ3v) is 3.82. The molecule has 8 heteroatoms. The van der Waals surface area contributed by atoms with Crippen molar-refractivity contribution in [3.05, 3.63) is 60.0 Å². The molecule has 3 aromatic rings. The number of nitrogens with one attached hydrogen (secondary N) is 2. The Morgan fingerprint density at radius 3 is 2.67 bits per heavy atom. The van der Waals surface area contributed by atoms with Gasteiger partial charge in [-0.15, -0.1) is 0 Å². The topological polar surface area (TPSA) is 103 Å². The molecule has 0 saturated heterocycles. The fourth-order valence-corrected chi connectivity index (χ4v) is 2.44. The van der Waals surface area contributed by atoms with Crippen molar-refractivity contribution in [2.24, 2.45) is 9.98 Å². The Hall–Kier alpha value is -3.81. The van der Waals surface area contributed by atoms with Gasteiger partial charge in [0.15, 0.2) is 0 Å². The van der Waals surface area contributed by atoms with Crippen molar-refractivity contribution in [3.63, 3.8) is 0 Å². The minimum atomic E-state index is -0.448. The van der Waals surface area contributed by atoms with Crippen LogP contribution in [0.5, 0.6) is 0 Å². The standard InChI is InChI=1S/C19H18N6O2/c1-20-19(23-14-6-4-5-12-9-10-21-16(12)14)24-17(26)13-7-8-15(22-11-13)18(27)25(2)3/h4-11,21H,1H2,2-3H3,(H,23,24,26). The summed E-state index contributed by atoms with van der Waals surface area (Å²) < 4.78 is 0. The van der Waals surface area contributed by atoms with Crippen LogP contribution in [0.25, 0.3) is 10.9 Å². The Balaban J connectivity index is 1.80. The molecule has 136 valence electrons. The van der Waals surface area contributed by atoms with Crippen LogP contribution in [0.15, 0.2) is 58.8 Å². The van der Waals surface area contributed by atoms with E-state index >= 15 is 0 Å². The normalized spacial score (nSPS) is 11.3. The summed E-state index contributed by atoms with van der Waals surface area (Å²) in [7, 11) is 3.27. The van der Waals surface area contributed by atoms with E-state index < -0.39 is 5.91 Å². The zero-order valence-corrected chi connectivity index (χ0v) is 14.9. The molecule has 0 atom stereocenters. The molecular formula is C19H18N6O2. The molecule has 27 heavy (non-hydrogen) atoms. The largest absolute Gasteiger partial charge is 0.359 e. The molecular weight excluding hydrogens is 344 g/mol. The maximum Gasteiger partial charge on any atom is 0.271 e. The van der Waals surface area contributed by atoms with E-state index in [9.17, 15) is 9.59 Å². The number of aromatic nitrogens is 2. The highest BCUT2D eigenvalue weighted by atomic mass is 16.2. The molecule has 0 radical (unpaired) electrons. The van der Waals surface area contributed by atoms with Gasteiger partial charge >= 0.3 is 0 Å². The van der Waals surface area contributed by atoms with Crippen LogP contribution >= 0.6 is 0 Å². The summed E-state index contributed by atoms with van der Waals surface area (Å²) in [5, 5.41) is 3.59. The van der Waals surface area contributed by atoms with Gasteiger partial charge in [-0.1, -0.05) is 12.1 Å². The number of aliphatic imine (C=N–C) groups is 2. The molecule has 2 heterocycles. The predicted molar refractivity (Wildman–Crippen MR) is 105 cm³/mol. The number of H-pyrrole nitrogens is 1. The third kappa shape index (κ3) is 3.90. The highest BCUT2D eigenvalue weighted by Gasteiger charge is 2.13. The van der Waals surface area contributed by atoms with Crippen LogP contribution in [0.1, 0.15) is 20.8 Å². The molecule has 0 aliphatic heterocycles. The molecule has 0 aliphatic rings. The van der Waals surface area contributed by atoms with Crippen LogP contribution < -0.4 is 5.32 Å². The summed E-state index contributed by atoms with van der Waals surface area (Å²) in [5.74, 6) is -0.622. The number of hydrogen-bond donors (Lipinski definition) is 2. The van der Waals surface area contributed by atoms with Crippen molar-refractivity contribution in [1.82, 2.24) is 20.2 Å². The van der Waals surface area contributed by atoms with Crippen molar-refractivity contribution in [2.75, 3.05) is 14.1 Å². The number of carbonyl (C=O) groups is 2. The second-order valence-electron chi connectivity index (χ2n) is 5.90. The van der Waals surface area contributed by atoms with Crippen LogP contribution in [0.4, 0.5) is 5.69 Å². The van der Waals surface area contributed by atoms with Gasteiger partial charge in [-0.2, -0.15) is 0 Å². The van der Waals surface area contributed by atoms with Gasteiger partial charge in [0.05, 0.1) is 16.8 Å². The fraction of sp³-hybridized carbons (Fsp3) is 0.105. The van der Waals surface area contributed by atoms with E-state index in [4.69, 9.17) is 0 Å². The van der Waals surface area contributed by atoms with Gasteiger partial charge in [0.2, 0.25) is 5.96 Å². The molecule has 0 bridgehead atoms. The van der Waals surface area contributed by atoms with Crippen molar-refractivity contribution < 1.29 is 9.59 Å². The Morgan fingerprint density at radius 1 is 1.19 bits per heavy atom. The molecule has 0 unspecified atom stereocenters. The van der Waals surface area contributed by atoms with Crippen molar-refractivity contribution in [3.8, 4) is 0 Å². The first-order chi connectivity index (χ1) is 13.0. The maximum atomic E-state index is 12.4. The van der Waals surface area contributed by atoms with Gasteiger partial charge in [-0.3, -0.25) is 19.9 Å². The summed E-state index contributed by atoms with van der Waals surface area (Å²) in [6, 6.07) is 10.6. The van der Waals surface area contributed by atoms with Gasteiger partial charge in [-0.05, 0) is 31.0 Å². The Labute approximate surface area is 155 Å². The smallest absolute Gasteiger partial charge is 0.271 e. The SMILES string of the molecule is C=NC(=Nc1cccc2cc[nH]c12)NC(=O)c1ccc(C(=O)N(C)C)nc1. The Kier molecular flexibility index (Phi) is 5.07. The minimum absolute atomic E-state index is 0.0653. The van der Waals surface area contributed by atoms with Crippen molar-refractivity contribution in [2.45, 2.75) is 0 Å². The first-order valence-corrected chi connectivity index (χ1v) is 8.10. The molecule has 2 amide bonds. The van der Waals surface area contributed by atoms with Gasteiger partial charge in [0.25, 0.3) is 11.8 Å². The number of carbonyl (C=O) groups excluding carboxylic acids is 2. The number of hydrogen-bond acceptors (Lipinski definition) is 4. The van der Waals surface area contributed by atoms with Crippen LogP contribution in [0.3, 0.4) is 0 Å². The molecule has 8 nitrogen and oxygen atoms in total. The number of fused-ring (bicyclic) bond motifs is 1. The van der Waals surface area contributed by atoms with Crippen LogP contribution in [-0.4, -0.2) is 53.5 Å². The Morgan fingerprint density at radius 2 is 2.00 bits per heavy atom. The van der Waals surface area contributed by atoms with E-state index in [-0.39, 0.29) is 23.1 Å². The van der Waals surface area contributed by atoms with E-state index in [0.717, 1.165) is 10.9 Å². The Bertz CT molecular complexity index is 1030. The van der Waals surface area contributed by atoms with Crippen molar-refractivity contribution >= 4 is 41.1 Å². The first-order valence-electron chi connectivity index (χ1n) is 8.10. The van der Waals surface area contributed by atoms with Gasteiger partial charge in [-0.25, -0.2) is 9.98 Å². The fourth-order valence-electron chi connectivity index (χ4n) is 2.44. The van der Waals surface area contributed by atoms with Crippen LogP contribution in [-0.2, 0) is 0 Å². The highest BCUT2D eigenvalue weighted by molar-refractivity contribution is 6.08. The minimum Gasteiger partial charge on any atom is -0.359 e. The molecule has 0 spiro atoms. The highest BCUT2D eigenvalue weighted by Crippen LogP contribution is 2.24. The number of pyridine rings is 1. The average Bonchev–Trinajstić information content (AvgIpc) is 3.16. The molecule has 3 rings (SSSR count). The zero-order chi connectivity index (χ0) is 19.4. The van der Waals surface area contributed by atoms with E-state index in [0.29, 0.717) is 5.69 Å². The van der Waals surface area contributed by atoms with Gasteiger partial charge < -0.3 is 9.88 Å². The summed E-state index contributed by atoms with van der Waals surface area (Å²) in [4.78, 5) is 40.9. The molecule has 0 fully saturated rings. The van der Waals surface area contributed by atoms with Crippen molar-refractivity contribution in [1.29, 1.82) is 0 Å². The summed E-state index contributed by atoms with van der Waals surface area (Å²) in [6.45, 7) is 3.46. The van der Waals surface area contributed by atoms with E-state index in [1.165, 1.54) is 23.2 Å². The lowest BCUT2D eigenvalue weighted by Gasteiger charge is -2.09. The third-order valence-electron chi connectivity index (χ3n) is 3.82. The second kappa shape index (κ2) is 7.61. The molecule has 2 aromatic heterocycles. The second-order valence-corrected chi connectivity index (χ2v) is 5.90. The average molecular weight is 362 g/mol. The number of amides is 2. The van der Waals surface area contributed by atoms with Gasteiger partial charge in [0.1, 0.15) is 5.69 Å². The molecule has 0 saturated carbocycles. The number of nitrogens with zero attached hydrogens (tertiary/aromatic N) is 4. The summed E-state index contributed by atoms with van der Waals surface area (Å²) >= 11 is 0. The van der Waals surface area contributed by atoms with Crippen LogP contribution in [0.2, 0.25) is 0 Å². The lowest BCUT2D eigenvalue weighted by molar-refractivity contribution is 0.0821. The number of aromatic amines is 1.